The molecule has 0 saturated carbocycles. The molecule has 1 aromatic heterocycles. The van der Waals surface area contributed by atoms with Gasteiger partial charge in [-0.1, -0.05) is 5.57 Å². The fourth-order valence-electron chi connectivity index (χ4n) is 0.848. The summed E-state index contributed by atoms with van der Waals surface area (Å²) < 4.78 is 0. The molecule has 0 saturated heterocycles. The lowest BCUT2D eigenvalue weighted by Gasteiger charge is -1.94. The van der Waals surface area contributed by atoms with Crippen LogP contribution in [0.3, 0.4) is 0 Å². The second-order valence-corrected chi connectivity index (χ2v) is 2.81. The van der Waals surface area contributed by atoms with Crippen LogP contribution >= 0.6 is 0 Å². The summed E-state index contributed by atoms with van der Waals surface area (Å²) in [4.78, 5) is 8.30. The molecule has 0 fully saturated rings. The van der Waals surface area contributed by atoms with Crippen molar-refractivity contribution >= 4 is 6.08 Å². The lowest BCUT2D eigenvalue weighted by atomic mass is 10.3. The molecule has 0 spiro atoms. The minimum absolute atomic E-state index is 0.935. The van der Waals surface area contributed by atoms with Crippen molar-refractivity contribution in [1.29, 1.82) is 0 Å². The van der Waals surface area contributed by atoms with Gasteiger partial charge >= 0.3 is 0 Å². The lowest BCUT2D eigenvalue weighted by Crippen LogP contribution is -1.86. The monoisotopic (exact) mass is 148 g/mol. The summed E-state index contributed by atoms with van der Waals surface area (Å²) in [7, 11) is 0. The fraction of sp³-hybridized carbons (Fsp3) is 0.333. The molecule has 0 bridgehead atoms. The van der Waals surface area contributed by atoms with Crippen LogP contribution in [0.5, 0.6) is 0 Å². The molecular weight excluding hydrogens is 136 g/mol. The Morgan fingerprint density at radius 3 is 2.64 bits per heavy atom. The van der Waals surface area contributed by atoms with Crippen LogP contribution < -0.4 is 0 Å². The molecule has 0 aliphatic heterocycles. The summed E-state index contributed by atoms with van der Waals surface area (Å²) >= 11 is 0. The number of nitrogens with zero attached hydrogens (tertiary/aromatic N) is 2. The number of rotatable bonds is 1. The molecule has 11 heavy (non-hydrogen) atoms. The minimum atomic E-state index is 0.935. The van der Waals surface area contributed by atoms with Crippen molar-refractivity contribution in [3.63, 3.8) is 0 Å². The Hall–Kier alpha value is -1.18. The standard InChI is InChI=1S/C9H12N2/c1-7(2)4-9-6-10-5-8(3)11-9/h4-6H,1-3H3. The molecule has 0 N–H and O–H groups in total. The number of hydrogen-bond donors (Lipinski definition) is 0. The number of allylic oxidation sites excluding steroid dienone is 1. The van der Waals surface area contributed by atoms with Gasteiger partial charge in [0.05, 0.1) is 17.6 Å². The van der Waals surface area contributed by atoms with Crippen LogP contribution in [0.2, 0.25) is 0 Å². The van der Waals surface area contributed by atoms with Crippen LogP contribution in [-0.4, -0.2) is 9.97 Å². The summed E-state index contributed by atoms with van der Waals surface area (Å²) in [6.45, 7) is 6.03. The molecule has 0 aliphatic rings. The third-order valence-electron chi connectivity index (χ3n) is 1.21. The number of aromatic nitrogens is 2. The summed E-state index contributed by atoms with van der Waals surface area (Å²) in [5, 5.41) is 0. The van der Waals surface area contributed by atoms with E-state index in [0.29, 0.717) is 0 Å². The van der Waals surface area contributed by atoms with Gasteiger partial charge in [-0.25, -0.2) is 0 Å². The zero-order chi connectivity index (χ0) is 8.27. The molecule has 0 amide bonds. The van der Waals surface area contributed by atoms with Crippen molar-refractivity contribution in [3.05, 3.63) is 29.4 Å². The van der Waals surface area contributed by atoms with Crippen LogP contribution in [0.25, 0.3) is 6.08 Å². The average Bonchev–Trinajstić information content (AvgIpc) is 1.85. The quantitative estimate of drug-likeness (QED) is 0.610. The summed E-state index contributed by atoms with van der Waals surface area (Å²) in [6.07, 6.45) is 5.53. The Bertz CT molecular complexity index is 273. The second-order valence-electron chi connectivity index (χ2n) is 2.81. The van der Waals surface area contributed by atoms with E-state index in [-0.39, 0.29) is 0 Å². The highest BCUT2D eigenvalue weighted by molar-refractivity contribution is 5.46. The molecule has 0 radical (unpaired) electrons. The van der Waals surface area contributed by atoms with Gasteiger partial charge in [-0.15, -0.1) is 0 Å². The largest absolute Gasteiger partial charge is 0.261 e. The fourth-order valence-corrected chi connectivity index (χ4v) is 0.848. The molecule has 1 rings (SSSR count). The van der Waals surface area contributed by atoms with Crippen LogP contribution in [0, 0.1) is 6.92 Å². The summed E-state index contributed by atoms with van der Waals surface area (Å²) in [6, 6.07) is 0. The van der Waals surface area contributed by atoms with Crippen molar-refractivity contribution < 1.29 is 0 Å². The number of hydrogen-bond acceptors (Lipinski definition) is 2. The molecule has 58 valence electrons. The first-order chi connectivity index (χ1) is 5.18. The Balaban J connectivity index is 2.97. The highest BCUT2D eigenvalue weighted by atomic mass is 14.8. The highest BCUT2D eigenvalue weighted by Gasteiger charge is 1.89. The van der Waals surface area contributed by atoms with Gasteiger partial charge in [0, 0.05) is 6.20 Å². The van der Waals surface area contributed by atoms with E-state index < -0.39 is 0 Å². The maximum atomic E-state index is 4.27. The maximum Gasteiger partial charge on any atom is 0.0815 e. The van der Waals surface area contributed by atoms with E-state index >= 15 is 0 Å². The third kappa shape index (κ3) is 2.50. The molecule has 0 atom stereocenters. The topological polar surface area (TPSA) is 25.8 Å². The SMILES string of the molecule is CC(C)=Cc1cncc(C)n1. The van der Waals surface area contributed by atoms with Crippen LogP contribution in [0.1, 0.15) is 25.2 Å². The molecule has 0 aliphatic carbocycles. The lowest BCUT2D eigenvalue weighted by molar-refractivity contribution is 1.10. The van der Waals surface area contributed by atoms with Crippen molar-refractivity contribution in [1.82, 2.24) is 9.97 Å². The zero-order valence-corrected chi connectivity index (χ0v) is 7.13. The van der Waals surface area contributed by atoms with Crippen molar-refractivity contribution in [2.45, 2.75) is 20.8 Å². The Morgan fingerprint density at radius 2 is 2.09 bits per heavy atom. The maximum absolute atomic E-state index is 4.27. The smallest absolute Gasteiger partial charge is 0.0815 e. The molecule has 1 heterocycles. The van der Waals surface area contributed by atoms with E-state index in [2.05, 4.69) is 9.97 Å². The predicted octanol–water partition coefficient (Wildman–Crippen LogP) is 2.21. The van der Waals surface area contributed by atoms with E-state index in [1.165, 1.54) is 5.57 Å². The van der Waals surface area contributed by atoms with Gasteiger partial charge in [0.2, 0.25) is 0 Å². The van der Waals surface area contributed by atoms with Gasteiger partial charge < -0.3 is 0 Å². The van der Waals surface area contributed by atoms with Gasteiger partial charge in [0.25, 0.3) is 0 Å². The number of aryl methyl sites for hydroxylation is 1. The Morgan fingerprint density at radius 1 is 1.36 bits per heavy atom. The van der Waals surface area contributed by atoms with Crippen molar-refractivity contribution in [2.24, 2.45) is 0 Å². The normalized spacial score (nSPS) is 9.36. The van der Waals surface area contributed by atoms with Crippen molar-refractivity contribution in [2.75, 3.05) is 0 Å². The molecule has 0 aromatic carbocycles. The van der Waals surface area contributed by atoms with E-state index in [0.717, 1.165) is 11.4 Å². The van der Waals surface area contributed by atoms with Crippen LogP contribution in [-0.2, 0) is 0 Å². The predicted molar refractivity (Wildman–Crippen MR) is 46.1 cm³/mol. The average molecular weight is 148 g/mol. The highest BCUT2D eigenvalue weighted by Crippen LogP contribution is 2.01. The summed E-state index contributed by atoms with van der Waals surface area (Å²) in [5.74, 6) is 0. The first-order valence-corrected chi connectivity index (χ1v) is 3.62. The van der Waals surface area contributed by atoms with Crippen LogP contribution in [0.15, 0.2) is 18.0 Å². The molecule has 2 heteroatoms. The Labute approximate surface area is 67.0 Å². The van der Waals surface area contributed by atoms with E-state index in [1.54, 1.807) is 12.4 Å². The van der Waals surface area contributed by atoms with E-state index in [4.69, 9.17) is 0 Å². The van der Waals surface area contributed by atoms with Crippen molar-refractivity contribution in [3.8, 4) is 0 Å². The van der Waals surface area contributed by atoms with Gasteiger partial charge in [-0.2, -0.15) is 0 Å². The van der Waals surface area contributed by atoms with E-state index in [9.17, 15) is 0 Å². The first-order valence-electron chi connectivity index (χ1n) is 3.62. The minimum Gasteiger partial charge on any atom is -0.261 e. The zero-order valence-electron chi connectivity index (χ0n) is 7.13. The second kappa shape index (κ2) is 3.28. The third-order valence-corrected chi connectivity index (χ3v) is 1.21. The molecule has 0 unspecified atom stereocenters. The summed E-state index contributed by atoms with van der Waals surface area (Å²) in [5.41, 5.74) is 3.13. The van der Waals surface area contributed by atoms with Gasteiger partial charge in [0.1, 0.15) is 0 Å². The van der Waals surface area contributed by atoms with E-state index in [1.807, 2.05) is 26.8 Å². The molecule has 2 nitrogen and oxygen atoms in total. The Kier molecular flexibility index (Phi) is 2.36. The van der Waals surface area contributed by atoms with Crippen LogP contribution in [0.4, 0.5) is 0 Å². The van der Waals surface area contributed by atoms with Gasteiger partial charge in [-0.3, -0.25) is 9.97 Å². The first kappa shape index (κ1) is 7.92. The van der Waals surface area contributed by atoms with Gasteiger partial charge in [-0.05, 0) is 26.8 Å². The molecule has 1 aromatic rings. The van der Waals surface area contributed by atoms with Gasteiger partial charge in [0.15, 0.2) is 0 Å². The molecular formula is C9H12N2.